The molecule has 0 spiro atoms. The number of carbonyl (C=O) groups is 1. The number of rotatable bonds is 4. The van der Waals surface area contributed by atoms with Gasteiger partial charge in [-0.3, -0.25) is 14.8 Å². The van der Waals surface area contributed by atoms with E-state index in [0.29, 0.717) is 17.1 Å². The third-order valence-corrected chi connectivity index (χ3v) is 4.20. The molecule has 0 atom stereocenters. The Balaban J connectivity index is 1.63. The molecule has 3 aromatic rings. The summed E-state index contributed by atoms with van der Waals surface area (Å²) in [7, 11) is 0. The number of benzene rings is 1. The molecule has 3 heterocycles. The maximum absolute atomic E-state index is 11.5. The van der Waals surface area contributed by atoms with E-state index < -0.39 is 5.91 Å². The largest absolute Gasteiger partial charge is 0.379 e. The summed E-state index contributed by atoms with van der Waals surface area (Å²) in [6.45, 7) is 4.34. The molecule has 4 N–H and O–H groups in total. The van der Waals surface area contributed by atoms with Crippen LogP contribution in [0.1, 0.15) is 15.9 Å². The van der Waals surface area contributed by atoms with E-state index in [1.165, 1.54) is 11.8 Å². The van der Waals surface area contributed by atoms with Gasteiger partial charge in [-0.2, -0.15) is 5.10 Å². The van der Waals surface area contributed by atoms with Crippen molar-refractivity contribution in [3.8, 4) is 11.5 Å². The number of aromatic amines is 2. The number of hydrogen-bond acceptors (Lipinski definition) is 5. The van der Waals surface area contributed by atoms with Crippen LogP contribution in [-0.4, -0.2) is 57.3 Å². The minimum absolute atomic E-state index is 0.322. The number of imidazole rings is 1. The summed E-state index contributed by atoms with van der Waals surface area (Å²) in [6.07, 6.45) is 1.41. The highest BCUT2D eigenvalue weighted by Gasteiger charge is 2.16. The van der Waals surface area contributed by atoms with Gasteiger partial charge in [0.15, 0.2) is 5.82 Å². The minimum atomic E-state index is -0.535. The number of nitrogens with zero attached hydrogens (tertiary/aromatic N) is 3. The van der Waals surface area contributed by atoms with E-state index >= 15 is 0 Å². The zero-order valence-electron chi connectivity index (χ0n) is 13.1. The summed E-state index contributed by atoms with van der Waals surface area (Å²) in [5, 5.41) is 6.66. The molecule has 1 fully saturated rings. The highest BCUT2D eigenvalue weighted by molar-refractivity contribution is 5.98. The molecule has 124 valence electrons. The Hall–Kier alpha value is -2.71. The van der Waals surface area contributed by atoms with Gasteiger partial charge in [-0.1, -0.05) is 6.07 Å². The van der Waals surface area contributed by atoms with E-state index in [1.807, 2.05) is 6.07 Å². The Morgan fingerprint density at radius 2 is 2.17 bits per heavy atom. The number of H-pyrrole nitrogens is 2. The maximum atomic E-state index is 11.5. The van der Waals surface area contributed by atoms with Crippen LogP contribution in [0, 0.1) is 0 Å². The fourth-order valence-electron chi connectivity index (χ4n) is 2.94. The van der Waals surface area contributed by atoms with Crippen LogP contribution in [-0.2, 0) is 11.3 Å². The molecule has 1 aliphatic rings. The third kappa shape index (κ3) is 2.77. The average molecular weight is 326 g/mol. The summed E-state index contributed by atoms with van der Waals surface area (Å²) in [5.41, 5.74) is 9.15. The Labute approximate surface area is 138 Å². The summed E-state index contributed by atoms with van der Waals surface area (Å²) >= 11 is 0. The predicted octanol–water partition coefficient (Wildman–Crippen LogP) is 0.884. The van der Waals surface area contributed by atoms with Crippen LogP contribution in [0.25, 0.3) is 22.6 Å². The van der Waals surface area contributed by atoms with E-state index in [-0.39, 0.29) is 0 Å². The van der Waals surface area contributed by atoms with E-state index in [9.17, 15) is 4.79 Å². The number of primary amides is 1. The van der Waals surface area contributed by atoms with Crippen LogP contribution in [0.3, 0.4) is 0 Å². The van der Waals surface area contributed by atoms with Gasteiger partial charge in [0.25, 0.3) is 5.91 Å². The van der Waals surface area contributed by atoms with Gasteiger partial charge in [-0.05, 0) is 17.7 Å². The number of nitrogens with one attached hydrogen (secondary N) is 2. The lowest BCUT2D eigenvalue weighted by Gasteiger charge is -2.26. The third-order valence-electron chi connectivity index (χ3n) is 4.20. The Bertz CT molecular complexity index is 878. The van der Waals surface area contributed by atoms with E-state index in [2.05, 4.69) is 37.2 Å². The number of carbonyl (C=O) groups excluding carboxylic acids is 1. The van der Waals surface area contributed by atoms with E-state index in [0.717, 1.165) is 43.9 Å². The zero-order valence-corrected chi connectivity index (χ0v) is 13.1. The molecular formula is C16H18N6O2. The molecule has 1 amide bonds. The molecule has 0 unspecified atom stereocenters. The first-order chi connectivity index (χ1) is 11.7. The van der Waals surface area contributed by atoms with Crippen molar-refractivity contribution in [2.24, 2.45) is 5.73 Å². The number of aromatic nitrogens is 4. The predicted molar refractivity (Wildman–Crippen MR) is 88.3 cm³/mol. The first kappa shape index (κ1) is 14.9. The normalized spacial score (nSPS) is 15.8. The van der Waals surface area contributed by atoms with E-state index in [4.69, 9.17) is 10.5 Å². The first-order valence-electron chi connectivity index (χ1n) is 7.83. The summed E-state index contributed by atoms with van der Waals surface area (Å²) in [4.78, 5) is 21.6. The molecule has 1 aliphatic heterocycles. The molecule has 4 rings (SSSR count). The summed E-state index contributed by atoms with van der Waals surface area (Å²) in [5.74, 6) is 0.0204. The second-order valence-electron chi connectivity index (χ2n) is 5.85. The number of hydrogen-bond donors (Lipinski definition) is 3. The maximum Gasteiger partial charge on any atom is 0.252 e. The molecule has 0 saturated carbocycles. The second kappa shape index (κ2) is 6.06. The van der Waals surface area contributed by atoms with Gasteiger partial charge in [-0.15, -0.1) is 0 Å². The Kier molecular flexibility index (Phi) is 3.75. The van der Waals surface area contributed by atoms with Crippen LogP contribution in [0.4, 0.5) is 0 Å². The molecule has 8 nitrogen and oxygen atoms in total. The molecule has 2 aromatic heterocycles. The van der Waals surface area contributed by atoms with Gasteiger partial charge in [0.05, 0.1) is 36.0 Å². The van der Waals surface area contributed by atoms with Crippen molar-refractivity contribution in [3.63, 3.8) is 0 Å². The number of amides is 1. The monoisotopic (exact) mass is 326 g/mol. The highest BCUT2D eigenvalue weighted by atomic mass is 16.5. The van der Waals surface area contributed by atoms with Crippen LogP contribution < -0.4 is 5.73 Å². The fourth-order valence-corrected chi connectivity index (χ4v) is 2.94. The number of fused-ring (bicyclic) bond motifs is 1. The van der Waals surface area contributed by atoms with Crippen molar-refractivity contribution >= 4 is 16.9 Å². The lowest BCUT2D eigenvalue weighted by Crippen LogP contribution is -2.35. The lowest BCUT2D eigenvalue weighted by atomic mass is 10.2. The van der Waals surface area contributed by atoms with Crippen molar-refractivity contribution in [1.29, 1.82) is 0 Å². The van der Waals surface area contributed by atoms with Crippen molar-refractivity contribution in [2.45, 2.75) is 6.54 Å². The van der Waals surface area contributed by atoms with Crippen LogP contribution in [0.15, 0.2) is 24.4 Å². The highest BCUT2D eigenvalue weighted by Crippen LogP contribution is 2.23. The molecule has 24 heavy (non-hydrogen) atoms. The Morgan fingerprint density at radius 1 is 1.33 bits per heavy atom. The van der Waals surface area contributed by atoms with Crippen molar-refractivity contribution in [2.75, 3.05) is 26.3 Å². The van der Waals surface area contributed by atoms with Crippen LogP contribution >= 0.6 is 0 Å². The standard InChI is InChI=1S/C16H18N6O2/c17-15(23)11-8-18-21-14(11)16-19-12-2-1-10(7-13(12)20-16)9-22-3-5-24-6-4-22/h1-2,7-8H,3-6,9H2,(H2,17,23)(H,18,21)(H,19,20). The van der Waals surface area contributed by atoms with Crippen LogP contribution in [0.5, 0.6) is 0 Å². The lowest BCUT2D eigenvalue weighted by molar-refractivity contribution is 0.0342. The zero-order chi connectivity index (χ0) is 16.5. The second-order valence-corrected chi connectivity index (χ2v) is 5.85. The first-order valence-corrected chi connectivity index (χ1v) is 7.83. The summed E-state index contributed by atoms with van der Waals surface area (Å²) < 4.78 is 5.38. The fraction of sp³-hybridized carbons (Fsp3) is 0.312. The molecule has 0 aliphatic carbocycles. The van der Waals surface area contributed by atoms with Gasteiger partial charge >= 0.3 is 0 Å². The number of ether oxygens (including phenoxy) is 1. The number of nitrogens with two attached hydrogens (primary N) is 1. The van der Waals surface area contributed by atoms with Gasteiger partial charge in [-0.25, -0.2) is 4.98 Å². The Morgan fingerprint density at radius 3 is 2.96 bits per heavy atom. The van der Waals surface area contributed by atoms with Gasteiger partial charge < -0.3 is 15.5 Å². The van der Waals surface area contributed by atoms with Gasteiger partial charge in [0, 0.05) is 19.6 Å². The quantitative estimate of drug-likeness (QED) is 0.659. The molecule has 0 radical (unpaired) electrons. The molecule has 0 bridgehead atoms. The van der Waals surface area contributed by atoms with E-state index in [1.54, 1.807) is 0 Å². The summed E-state index contributed by atoms with van der Waals surface area (Å²) in [6, 6.07) is 6.14. The van der Waals surface area contributed by atoms with Crippen molar-refractivity contribution in [3.05, 3.63) is 35.5 Å². The molecule has 8 heteroatoms. The smallest absolute Gasteiger partial charge is 0.252 e. The van der Waals surface area contributed by atoms with Gasteiger partial charge in [0.1, 0.15) is 5.69 Å². The molecular weight excluding hydrogens is 308 g/mol. The topological polar surface area (TPSA) is 113 Å². The molecule has 1 aromatic carbocycles. The van der Waals surface area contributed by atoms with Crippen molar-refractivity contribution < 1.29 is 9.53 Å². The van der Waals surface area contributed by atoms with Crippen LogP contribution in [0.2, 0.25) is 0 Å². The average Bonchev–Trinajstić information content (AvgIpc) is 3.22. The van der Waals surface area contributed by atoms with Gasteiger partial charge in [0.2, 0.25) is 0 Å². The molecule has 1 saturated heterocycles. The van der Waals surface area contributed by atoms with Crippen molar-refractivity contribution in [1.82, 2.24) is 25.1 Å². The number of morpholine rings is 1. The SMILES string of the molecule is NC(=O)c1cn[nH]c1-c1nc2ccc(CN3CCOCC3)cc2[nH]1. The minimum Gasteiger partial charge on any atom is -0.379 e.